The molecular formula is C13H15NO2. The third-order valence-electron chi connectivity index (χ3n) is 3.34. The number of rotatable bonds is 1. The molecule has 84 valence electrons. The second-order valence-corrected chi connectivity index (χ2v) is 4.33. The first-order valence-electron chi connectivity index (χ1n) is 5.63. The third kappa shape index (κ3) is 1.32. The van der Waals surface area contributed by atoms with Crippen LogP contribution in [0.5, 0.6) is 5.75 Å². The Kier molecular flexibility index (Phi) is 2.14. The normalized spacial score (nSPS) is 19.8. The van der Waals surface area contributed by atoms with Crippen molar-refractivity contribution in [2.24, 2.45) is 0 Å². The van der Waals surface area contributed by atoms with Crippen LogP contribution in [-0.4, -0.2) is 22.9 Å². The van der Waals surface area contributed by atoms with Crippen molar-refractivity contribution in [2.75, 3.05) is 7.11 Å². The molecule has 1 aromatic carbocycles. The van der Waals surface area contributed by atoms with Gasteiger partial charge in [-0.25, -0.2) is 0 Å². The van der Waals surface area contributed by atoms with Gasteiger partial charge in [-0.1, -0.05) is 6.07 Å². The van der Waals surface area contributed by atoms with Gasteiger partial charge in [0.25, 0.3) is 0 Å². The van der Waals surface area contributed by atoms with Gasteiger partial charge in [-0.15, -0.1) is 0 Å². The first-order valence-corrected chi connectivity index (χ1v) is 5.63. The van der Waals surface area contributed by atoms with Crippen molar-refractivity contribution in [1.29, 1.82) is 0 Å². The van der Waals surface area contributed by atoms with E-state index in [9.17, 15) is 5.11 Å². The van der Waals surface area contributed by atoms with Gasteiger partial charge < -0.3 is 14.4 Å². The average molecular weight is 217 g/mol. The number of methoxy groups -OCH3 is 1. The highest BCUT2D eigenvalue weighted by Crippen LogP contribution is 2.31. The molecule has 3 nitrogen and oxygen atoms in total. The van der Waals surface area contributed by atoms with Crippen LogP contribution < -0.4 is 4.74 Å². The van der Waals surface area contributed by atoms with Gasteiger partial charge >= 0.3 is 0 Å². The maximum Gasteiger partial charge on any atom is 0.128 e. The molecule has 0 spiro atoms. The van der Waals surface area contributed by atoms with Gasteiger partial charge in [0, 0.05) is 24.0 Å². The summed E-state index contributed by atoms with van der Waals surface area (Å²) in [6.45, 7) is 0.896. The van der Waals surface area contributed by atoms with E-state index in [0.29, 0.717) is 0 Å². The highest BCUT2D eigenvalue weighted by atomic mass is 16.5. The third-order valence-corrected chi connectivity index (χ3v) is 3.34. The molecule has 0 fully saturated rings. The molecule has 3 heteroatoms. The van der Waals surface area contributed by atoms with Gasteiger partial charge in [-0.3, -0.25) is 0 Å². The van der Waals surface area contributed by atoms with E-state index in [1.165, 1.54) is 11.2 Å². The van der Waals surface area contributed by atoms with Crippen LogP contribution in [0.1, 0.15) is 12.1 Å². The average Bonchev–Trinajstić information content (AvgIpc) is 2.65. The van der Waals surface area contributed by atoms with E-state index in [1.54, 1.807) is 7.11 Å². The molecule has 2 heterocycles. The molecule has 0 amide bonds. The minimum Gasteiger partial charge on any atom is -0.496 e. The van der Waals surface area contributed by atoms with Crippen LogP contribution in [0.3, 0.4) is 0 Å². The number of hydrogen-bond donors (Lipinski definition) is 1. The van der Waals surface area contributed by atoms with Crippen LogP contribution >= 0.6 is 0 Å². The molecule has 0 radical (unpaired) electrons. The van der Waals surface area contributed by atoms with Crippen LogP contribution in [0.2, 0.25) is 0 Å². The number of fused-ring (bicyclic) bond motifs is 3. The van der Waals surface area contributed by atoms with E-state index in [1.807, 2.05) is 12.1 Å². The van der Waals surface area contributed by atoms with Gasteiger partial charge in [0.15, 0.2) is 0 Å². The zero-order chi connectivity index (χ0) is 11.1. The maximum absolute atomic E-state index is 9.66. The van der Waals surface area contributed by atoms with Gasteiger partial charge in [0.1, 0.15) is 5.75 Å². The lowest BCUT2D eigenvalue weighted by atomic mass is 10.1. The fourth-order valence-electron chi connectivity index (χ4n) is 2.54. The molecule has 0 saturated heterocycles. The molecule has 1 N–H and O–H groups in total. The summed E-state index contributed by atoms with van der Waals surface area (Å²) in [7, 11) is 1.69. The lowest BCUT2D eigenvalue weighted by molar-refractivity contribution is 0.144. The van der Waals surface area contributed by atoms with Crippen molar-refractivity contribution in [3.8, 4) is 5.75 Å². The van der Waals surface area contributed by atoms with Crippen LogP contribution in [0, 0.1) is 0 Å². The maximum atomic E-state index is 9.66. The van der Waals surface area contributed by atoms with E-state index >= 15 is 0 Å². The molecule has 0 bridgehead atoms. The quantitative estimate of drug-likeness (QED) is 0.792. The number of aromatic nitrogens is 1. The Balaban J connectivity index is 2.24. The standard InChI is InChI=1S/C13H15NO2/c1-16-13-4-2-3-12-11(13)8-9-7-10(15)5-6-14(9)12/h2-4,8,10,15H,5-7H2,1H3. The molecular weight excluding hydrogens is 202 g/mol. The number of nitrogens with zero attached hydrogens (tertiary/aromatic N) is 1. The topological polar surface area (TPSA) is 34.4 Å². The second kappa shape index (κ2) is 3.52. The van der Waals surface area contributed by atoms with Gasteiger partial charge in [0.05, 0.1) is 18.7 Å². The summed E-state index contributed by atoms with van der Waals surface area (Å²) in [6, 6.07) is 8.24. The first-order chi connectivity index (χ1) is 7.79. The Labute approximate surface area is 94.3 Å². The molecule has 1 aromatic heterocycles. The van der Waals surface area contributed by atoms with E-state index in [-0.39, 0.29) is 6.10 Å². The molecule has 1 unspecified atom stereocenters. The Morgan fingerprint density at radius 1 is 1.44 bits per heavy atom. The van der Waals surface area contributed by atoms with Crippen molar-refractivity contribution in [3.63, 3.8) is 0 Å². The lowest BCUT2D eigenvalue weighted by Gasteiger charge is -2.20. The lowest BCUT2D eigenvalue weighted by Crippen LogP contribution is -2.22. The summed E-state index contributed by atoms with van der Waals surface area (Å²) >= 11 is 0. The van der Waals surface area contributed by atoms with Gasteiger partial charge in [0.2, 0.25) is 0 Å². The molecule has 3 rings (SSSR count). The van der Waals surface area contributed by atoms with Crippen molar-refractivity contribution in [3.05, 3.63) is 30.0 Å². The summed E-state index contributed by atoms with van der Waals surface area (Å²) in [5, 5.41) is 10.8. The van der Waals surface area contributed by atoms with Crippen molar-refractivity contribution >= 4 is 10.9 Å². The summed E-state index contributed by atoms with van der Waals surface area (Å²) in [4.78, 5) is 0. The molecule has 1 aliphatic rings. The van der Waals surface area contributed by atoms with E-state index < -0.39 is 0 Å². The smallest absolute Gasteiger partial charge is 0.128 e. The largest absolute Gasteiger partial charge is 0.496 e. The van der Waals surface area contributed by atoms with Crippen LogP contribution in [0.4, 0.5) is 0 Å². The molecule has 2 aromatic rings. The molecule has 16 heavy (non-hydrogen) atoms. The number of aliphatic hydroxyl groups is 1. The van der Waals surface area contributed by atoms with E-state index in [4.69, 9.17) is 4.74 Å². The highest BCUT2D eigenvalue weighted by molar-refractivity contribution is 5.87. The second-order valence-electron chi connectivity index (χ2n) is 4.33. The number of aryl methyl sites for hydroxylation is 1. The Morgan fingerprint density at radius 3 is 3.12 bits per heavy atom. The molecule has 1 aliphatic heterocycles. The fraction of sp³-hybridized carbons (Fsp3) is 0.385. The zero-order valence-corrected chi connectivity index (χ0v) is 9.31. The van der Waals surface area contributed by atoms with Gasteiger partial charge in [-0.05, 0) is 24.6 Å². The highest BCUT2D eigenvalue weighted by Gasteiger charge is 2.19. The Bertz CT molecular complexity index is 530. The first kappa shape index (κ1) is 9.73. The number of ether oxygens (including phenoxy) is 1. The monoisotopic (exact) mass is 217 g/mol. The predicted molar refractivity (Wildman–Crippen MR) is 62.8 cm³/mol. The van der Waals surface area contributed by atoms with E-state index in [2.05, 4.69) is 16.7 Å². The summed E-state index contributed by atoms with van der Waals surface area (Å²) in [5.74, 6) is 0.911. The minimum atomic E-state index is -0.192. The molecule has 0 saturated carbocycles. The fourth-order valence-corrected chi connectivity index (χ4v) is 2.54. The summed E-state index contributed by atoms with van der Waals surface area (Å²) in [5.41, 5.74) is 2.42. The number of aliphatic hydroxyl groups excluding tert-OH is 1. The molecule has 1 atom stereocenters. The zero-order valence-electron chi connectivity index (χ0n) is 9.31. The number of benzene rings is 1. The van der Waals surface area contributed by atoms with Crippen LogP contribution in [-0.2, 0) is 13.0 Å². The van der Waals surface area contributed by atoms with Gasteiger partial charge in [-0.2, -0.15) is 0 Å². The Hall–Kier alpha value is -1.48. The van der Waals surface area contributed by atoms with Crippen molar-refractivity contribution in [1.82, 2.24) is 4.57 Å². The Morgan fingerprint density at radius 2 is 2.31 bits per heavy atom. The predicted octanol–water partition coefficient (Wildman–Crippen LogP) is 1.96. The summed E-state index contributed by atoms with van der Waals surface area (Å²) in [6.07, 6.45) is 1.40. The number of hydrogen-bond acceptors (Lipinski definition) is 2. The van der Waals surface area contributed by atoms with Crippen molar-refractivity contribution in [2.45, 2.75) is 25.5 Å². The van der Waals surface area contributed by atoms with Crippen LogP contribution in [0.25, 0.3) is 10.9 Å². The van der Waals surface area contributed by atoms with Crippen LogP contribution in [0.15, 0.2) is 24.3 Å². The van der Waals surface area contributed by atoms with Crippen molar-refractivity contribution < 1.29 is 9.84 Å². The summed E-state index contributed by atoms with van der Waals surface area (Å²) < 4.78 is 7.64. The SMILES string of the molecule is COc1cccc2c1cc1n2CCC(O)C1. The minimum absolute atomic E-state index is 0.192. The van der Waals surface area contributed by atoms with E-state index in [0.717, 1.165) is 30.5 Å². The molecule has 0 aliphatic carbocycles.